The first kappa shape index (κ1) is 15.7. The van der Waals surface area contributed by atoms with Crippen molar-refractivity contribution in [2.45, 2.75) is 31.5 Å². The highest BCUT2D eigenvalue weighted by Crippen LogP contribution is 2.28. The second kappa shape index (κ2) is 4.96. The fourth-order valence-electron chi connectivity index (χ4n) is 1.91. The summed E-state index contributed by atoms with van der Waals surface area (Å²) in [4.78, 5) is 11.7. The third-order valence-electron chi connectivity index (χ3n) is 2.88. The molecule has 0 aliphatic rings. The molecule has 0 atom stereocenters. The summed E-state index contributed by atoms with van der Waals surface area (Å²) in [5, 5.41) is 7.22. The number of aromatic nitrogens is 4. The van der Waals surface area contributed by atoms with E-state index in [0.29, 0.717) is 5.56 Å². The molecule has 2 rings (SSSR count). The number of nitrogens with zero attached hydrogens (tertiary/aromatic N) is 4. The van der Waals surface area contributed by atoms with Gasteiger partial charge in [0.25, 0.3) is 19.8 Å². The molecule has 2 heterocycles. The van der Waals surface area contributed by atoms with Crippen molar-refractivity contribution in [2.24, 2.45) is 7.05 Å². The molecule has 0 N–H and O–H groups in total. The van der Waals surface area contributed by atoms with E-state index in [0.717, 1.165) is 0 Å². The van der Waals surface area contributed by atoms with E-state index in [-0.39, 0.29) is 16.5 Å². The molecule has 21 heavy (non-hydrogen) atoms. The van der Waals surface area contributed by atoms with Gasteiger partial charge < -0.3 is 4.57 Å². The Hall–Kier alpha value is -1.67. The third kappa shape index (κ3) is 3.01. The maximum Gasteiger partial charge on any atom is 0.296 e. The van der Waals surface area contributed by atoms with Crippen LogP contribution in [0, 0.1) is 0 Å². The van der Waals surface area contributed by atoms with Crippen molar-refractivity contribution in [3.8, 4) is 11.4 Å². The van der Waals surface area contributed by atoms with Crippen LogP contribution in [0.4, 0.5) is 0 Å². The first-order chi connectivity index (χ1) is 9.51. The van der Waals surface area contributed by atoms with E-state index in [9.17, 15) is 13.2 Å². The van der Waals surface area contributed by atoms with Gasteiger partial charge in [-0.2, -0.15) is 0 Å². The normalized spacial score (nSPS) is 12.6. The second-order valence-corrected chi connectivity index (χ2v) is 8.07. The molecule has 7 nitrogen and oxygen atoms in total. The summed E-state index contributed by atoms with van der Waals surface area (Å²) < 4.78 is 26.1. The quantitative estimate of drug-likeness (QED) is 0.775. The highest BCUT2D eigenvalue weighted by Gasteiger charge is 2.30. The van der Waals surface area contributed by atoms with Crippen LogP contribution in [0.2, 0.25) is 0 Å². The molecular formula is C12H15ClN4O3S. The van der Waals surface area contributed by atoms with Crippen LogP contribution in [0.5, 0.6) is 0 Å². The van der Waals surface area contributed by atoms with Crippen molar-refractivity contribution in [1.82, 2.24) is 19.3 Å². The molecular weight excluding hydrogens is 316 g/mol. The topological polar surface area (TPSA) is 86.8 Å². The Morgan fingerprint density at radius 2 is 1.86 bits per heavy atom. The fourth-order valence-corrected chi connectivity index (χ4v) is 2.92. The van der Waals surface area contributed by atoms with Crippen LogP contribution in [-0.4, -0.2) is 27.7 Å². The number of hydrogen-bond donors (Lipinski definition) is 0. The van der Waals surface area contributed by atoms with Crippen LogP contribution < -0.4 is 5.56 Å². The fraction of sp³-hybridized carbons (Fsp3) is 0.417. The van der Waals surface area contributed by atoms with Crippen LogP contribution in [0.3, 0.4) is 0 Å². The summed E-state index contributed by atoms with van der Waals surface area (Å²) in [7, 11) is 2.99. The predicted molar refractivity (Wildman–Crippen MR) is 78.7 cm³/mol. The van der Waals surface area contributed by atoms with Crippen LogP contribution in [0.15, 0.2) is 28.3 Å². The van der Waals surface area contributed by atoms with Gasteiger partial charge in [-0.25, -0.2) is 8.42 Å². The summed E-state index contributed by atoms with van der Waals surface area (Å²) in [6, 6.07) is 3.04. The standard InChI is InChI=1S/C12H15ClN4O3S/c1-12(2,3)17-10(14-15-11(17)21(13,19)20)8-5-6-16(4)9(18)7-8/h5-7H,1-4H3. The van der Waals surface area contributed by atoms with E-state index in [1.807, 2.05) is 0 Å². The Balaban J connectivity index is 2.79. The number of hydrogen-bond acceptors (Lipinski definition) is 5. The van der Waals surface area contributed by atoms with Gasteiger partial charge in [-0.15, -0.1) is 10.2 Å². The highest BCUT2D eigenvalue weighted by molar-refractivity contribution is 8.13. The molecule has 0 saturated heterocycles. The minimum atomic E-state index is -4.04. The Kier molecular flexibility index (Phi) is 3.71. The Morgan fingerprint density at radius 3 is 2.33 bits per heavy atom. The van der Waals surface area contributed by atoms with Gasteiger partial charge >= 0.3 is 0 Å². The van der Waals surface area contributed by atoms with Crippen LogP contribution in [0.25, 0.3) is 11.4 Å². The van der Waals surface area contributed by atoms with Crippen molar-refractivity contribution in [3.05, 3.63) is 28.7 Å². The van der Waals surface area contributed by atoms with Crippen LogP contribution in [-0.2, 0) is 21.6 Å². The van der Waals surface area contributed by atoms with Gasteiger partial charge in [-0.1, -0.05) is 0 Å². The molecule has 0 bridgehead atoms. The molecule has 0 saturated carbocycles. The second-order valence-electron chi connectivity index (χ2n) is 5.61. The molecule has 0 amide bonds. The van der Waals surface area contributed by atoms with Gasteiger partial charge in [0, 0.05) is 41.1 Å². The molecule has 2 aromatic heterocycles. The number of pyridine rings is 1. The van der Waals surface area contributed by atoms with Crippen molar-refractivity contribution < 1.29 is 8.42 Å². The number of aryl methyl sites for hydroxylation is 1. The molecule has 0 unspecified atom stereocenters. The van der Waals surface area contributed by atoms with Gasteiger partial charge in [0.15, 0.2) is 5.82 Å². The maximum atomic E-state index is 11.7. The Bertz CT molecular complexity index is 846. The van der Waals surface area contributed by atoms with Crippen molar-refractivity contribution in [1.29, 1.82) is 0 Å². The van der Waals surface area contributed by atoms with Crippen LogP contribution >= 0.6 is 10.7 Å². The van der Waals surface area contributed by atoms with E-state index >= 15 is 0 Å². The van der Waals surface area contributed by atoms with Gasteiger partial charge in [-0.3, -0.25) is 9.36 Å². The molecule has 114 valence electrons. The minimum Gasteiger partial charge on any atom is -0.319 e. The molecule has 9 heteroatoms. The van der Waals surface area contributed by atoms with Gasteiger partial charge in [-0.05, 0) is 26.8 Å². The summed E-state index contributed by atoms with van der Waals surface area (Å²) in [5.41, 5.74) is -0.379. The zero-order chi connectivity index (χ0) is 16.0. The van der Waals surface area contributed by atoms with E-state index < -0.39 is 14.6 Å². The lowest BCUT2D eigenvalue weighted by atomic mass is 10.1. The molecule has 2 aromatic rings. The molecule has 0 radical (unpaired) electrons. The van der Waals surface area contributed by atoms with Gasteiger partial charge in [0.1, 0.15) is 0 Å². The van der Waals surface area contributed by atoms with E-state index in [1.165, 1.54) is 15.2 Å². The van der Waals surface area contributed by atoms with Crippen molar-refractivity contribution in [3.63, 3.8) is 0 Å². The first-order valence-corrected chi connectivity index (χ1v) is 8.40. The van der Waals surface area contributed by atoms with E-state index in [1.54, 1.807) is 40.1 Å². The summed E-state index contributed by atoms with van der Waals surface area (Å²) in [5.74, 6) is 0.277. The molecule has 0 aromatic carbocycles. The summed E-state index contributed by atoms with van der Waals surface area (Å²) in [6.07, 6.45) is 1.58. The predicted octanol–water partition coefficient (Wildman–Crippen LogP) is 1.33. The summed E-state index contributed by atoms with van der Waals surface area (Å²) >= 11 is 0. The van der Waals surface area contributed by atoms with Crippen molar-refractivity contribution in [2.75, 3.05) is 0 Å². The lowest BCUT2D eigenvalue weighted by Crippen LogP contribution is -2.26. The largest absolute Gasteiger partial charge is 0.319 e. The Labute approximate surface area is 126 Å². The minimum absolute atomic E-state index is 0.230. The molecule has 0 aliphatic heterocycles. The average Bonchev–Trinajstić information content (AvgIpc) is 2.76. The van der Waals surface area contributed by atoms with E-state index in [4.69, 9.17) is 10.7 Å². The smallest absolute Gasteiger partial charge is 0.296 e. The highest BCUT2D eigenvalue weighted by atomic mass is 35.7. The third-order valence-corrected chi connectivity index (χ3v) is 4.00. The zero-order valence-corrected chi connectivity index (χ0v) is 13.6. The molecule has 0 aliphatic carbocycles. The Morgan fingerprint density at radius 1 is 1.24 bits per heavy atom. The van der Waals surface area contributed by atoms with Gasteiger partial charge in [0.2, 0.25) is 0 Å². The van der Waals surface area contributed by atoms with E-state index in [2.05, 4.69) is 10.2 Å². The number of halogens is 1. The average molecular weight is 331 g/mol. The first-order valence-electron chi connectivity index (χ1n) is 6.09. The summed E-state index contributed by atoms with van der Waals surface area (Å²) in [6.45, 7) is 5.39. The lowest BCUT2D eigenvalue weighted by molar-refractivity contribution is 0.367. The van der Waals surface area contributed by atoms with Crippen molar-refractivity contribution >= 4 is 19.7 Å². The zero-order valence-electron chi connectivity index (χ0n) is 12.0. The molecule has 0 spiro atoms. The molecule has 0 fully saturated rings. The monoisotopic (exact) mass is 330 g/mol. The lowest BCUT2D eigenvalue weighted by Gasteiger charge is -2.24. The number of rotatable bonds is 2. The van der Waals surface area contributed by atoms with Gasteiger partial charge in [0.05, 0.1) is 0 Å². The maximum absolute atomic E-state index is 11.7. The van der Waals surface area contributed by atoms with Crippen LogP contribution in [0.1, 0.15) is 20.8 Å². The SMILES string of the molecule is Cn1ccc(-c2nnc(S(=O)(=O)Cl)n2C(C)(C)C)cc1=O.